The van der Waals surface area contributed by atoms with Crippen LogP contribution in [0.1, 0.15) is 29.9 Å². The van der Waals surface area contributed by atoms with E-state index < -0.39 is 0 Å². The highest BCUT2D eigenvalue weighted by molar-refractivity contribution is 6.04. The average Bonchev–Trinajstić information content (AvgIpc) is 2.51. The van der Waals surface area contributed by atoms with Gasteiger partial charge in [0, 0.05) is 11.3 Å². The summed E-state index contributed by atoms with van der Waals surface area (Å²) in [4.78, 5) is 16.0. The highest BCUT2D eigenvalue weighted by Gasteiger charge is 2.05. The van der Waals surface area contributed by atoms with Gasteiger partial charge in [-0.1, -0.05) is 13.8 Å². The molecule has 5 nitrogen and oxygen atoms in total. The molecule has 106 valence electrons. The smallest absolute Gasteiger partial charge is 0.255 e. The lowest BCUT2D eigenvalue weighted by molar-refractivity contribution is 0.102. The van der Waals surface area contributed by atoms with Crippen LogP contribution in [0.5, 0.6) is 0 Å². The summed E-state index contributed by atoms with van der Waals surface area (Å²) in [7, 11) is 0. The summed E-state index contributed by atoms with van der Waals surface area (Å²) in [6.45, 7) is 5.88. The van der Waals surface area contributed by atoms with Crippen molar-refractivity contribution in [3.05, 3.63) is 53.9 Å². The highest BCUT2D eigenvalue weighted by Crippen LogP contribution is 2.11. The molecular weight excluding hydrogens is 254 g/mol. The normalized spacial score (nSPS) is 9.20. The van der Waals surface area contributed by atoms with Crippen LogP contribution in [0.2, 0.25) is 0 Å². The second kappa shape index (κ2) is 7.91. The molecule has 1 amide bonds. The molecule has 5 heteroatoms. The summed E-state index contributed by atoms with van der Waals surface area (Å²) in [6, 6.07) is 10.1. The van der Waals surface area contributed by atoms with E-state index in [0.29, 0.717) is 16.9 Å². The third-order valence-electron chi connectivity index (χ3n) is 2.45. The fourth-order valence-electron chi connectivity index (χ4n) is 1.44. The molecule has 0 radical (unpaired) electrons. The van der Waals surface area contributed by atoms with Crippen molar-refractivity contribution < 1.29 is 10.0 Å². The number of benzene rings is 1. The quantitative estimate of drug-likeness (QED) is 0.749. The van der Waals surface area contributed by atoms with Crippen molar-refractivity contribution in [2.75, 3.05) is 10.8 Å². The molecule has 0 fully saturated rings. The standard InChI is InChI=1S/C13H13N3O2.C2H6/c1-9-2-5-12(8-14-9)15-13(17)10-3-6-11(16-18)7-4-10;1-2/h2-8,16,18H,1H3,(H,15,17);1-2H3. The Bertz CT molecular complexity index is 536. The van der Waals surface area contributed by atoms with Gasteiger partial charge >= 0.3 is 0 Å². The molecule has 20 heavy (non-hydrogen) atoms. The van der Waals surface area contributed by atoms with Crippen LogP contribution in [0.25, 0.3) is 0 Å². The third kappa shape index (κ3) is 4.37. The zero-order chi connectivity index (χ0) is 15.0. The fraction of sp³-hybridized carbons (Fsp3) is 0.200. The first-order chi connectivity index (χ1) is 9.69. The maximum atomic E-state index is 11.9. The van der Waals surface area contributed by atoms with Crippen LogP contribution in [0, 0.1) is 6.92 Å². The summed E-state index contributed by atoms with van der Waals surface area (Å²) in [6.07, 6.45) is 1.61. The van der Waals surface area contributed by atoms with Crippen LogP contribution in [0.4, 0.5) is 11.4 Å². The average molecular weight is 273 g/mol. The molecule has 1 heterocycles. The van der Waals surface area contributed by atoms with E-state index in [1.54, 1.807) is 36.5 Å². The minimum absolute atomic E-state index is 0.217. The van der Waals surface area contributed by atoms with E-state index in [1.807, 2.05) is 32.3 Å². The van der Waals surface area contributed by atoms with Crippen molar-refractivity contribution in [3.63, 3.8) is 0 Å². The number of carbonyl (C=O) groups is 1. The number of hydrogen-bond donors (Lipinski definition) is 3. The summed E-state index contributed by atoms with van der Waals surface area (Å²) in [5, 5.41) is 11.4. The summed E-state index contributed by atoms with van der Waals surface area (Å²) < 4.78 is 0. The zero-order valence-electron chi connectivity index (χ0n) is 11.8. The molecule has 3 N–H and O–H groups in total. The predicted octanol–water partition coefficient (Wildman–Crippen LogP) is 3.47. The van der Waals surface area contributed by atoms with Crippen molar-refractivity contribution in [3.8, 4) is 0 Å². The van der Waals surface area contributed by atoms with Gasteiger partial charge < -0.3 is 5.32 Å². The highest BCUT2D eigenvalue weighted by atomic mass is 16.5. The Morgan fingerprint density at radius 2 is 1.65 bits per heavy atom. The summed E-state index contributed by atoms with van der Waals surface area (Å²) in [5.41, 5.74) is 4.59. The molecule has 1 aromatic carbocycles. The van der Waals surface area contributed by atoms with Crippen molar-refractivity contribution in [2.45, 2.75) is 20.8 Å². The molecule has 1 aromatic heterocycles. The Balaban J connectivity index is 0.000000956. The Hall–Kier alpha value is -2.40. The van der Waals surface area contributed by atoms with Gasteiger partial charge in [0.2, 0.25) is 0 Å². The van der Waals surface area contributed by atoms with E-state index in [0.717, 1.165) is 5.69 Å². The number of aromatic nitrogens is 1. The number of nitrogens with zero attached hydrogens (tertiary/aromatic N) is 1. The van der Waals surface area contributed by atoms with Crippen molar-refractivity contribution >= 4 is 17.3 Å². The fourth-order valence-corrected chi connectivity index (χ4v) is 1.44. The second-order valence-electron chi connectivity index (χ2n) is 3.83. The van der Waals surface area contributed by atoms with Crippen LogP contribution in [-0.4, -0.2) is 16.1 Å². The molecule has 0 unspecified atom stereocenters. The van der Waals surface area contributed by atoms with Gasteiger partial charge in [-0.3, -0.25) is 20.5 Å². The van der Waals surface area contributed by atoms with Gasteiger partial charge in [0.25, 0.3) is 5.91 Å². The van der Waals surface area contributed by atoms with E-state index in [9.17, 15) is 4.79 Å². The van der Waals surface area contributed by atoms with Gasteiger partial charge in [0.1, 0.15) is 0 Å². The Labute approximate surface area is 118 Å². The van der Waals surface area contributed by atoms with Gasteiger partial charge in [-0.25, -0.2) is 0 Å². The largest absolute Gasteiger partial charge is 0.321 e. The Morgan fingerprint density at radius 3 is 2.15 bits per heavy atom. The molecule has 0 bridgehead atoms. The SMILES string of the molecule is CC.Cc1ccc(NC(=O)c2ccc(NO)cc2)cn1. The van der Waals surface area contributed by atoms with E-state index >= 15 is 0 Å². The maximum Gasteiger partial charge on any atom is 0.255 e. The van der Waals surface area contributed by atoms with Crippen LogP contribution in [0.15, 0.2) is 42.6 Å². The van der Waals surface area contributed by atoms with Crippen LogP contribution < -0.4 is 10.8 Å². The lowest BCUT2D eigenvalue weighted by Gasteiger charge is -2.05. The van der Waals surface area contributed by atoms with Crippen molar-refractivity contribution in [1.82, 2.24) is 4.98 Å². The van der Waals surface area contributed by atoms with Crippen LogP contribution in [0.3, 0.4) is 0 Å². The van der Waals surface area contributed by atoms with Gasteiger partial charge in [-0.05, 0) is 43.3 Å². The molecule has 2 aromatic rings. The number of aryl methyl sites for hydroxylation is 1. The number of amides is 1. The van der Waals surface area contributed by atoms with E-state index in [4.69, 9.17) is 5.21 Å². The Morgan fingerprint density at radius 1 is 1.05 bits per heavy atom. The lowest BCUT2D eigenvalue weighted by Crippen LogP contribution is -2.12. The molecule has 0 aliphatic heterocycles. The van der Waals surface area contributed by atoms with E-state index in [1.165, 1.54) is 0 Å². The number of carbonyl (C=O) groups excluding carboxylic acids is 1. The van der Waals surface area contributed by atoms with Gasteiger partial charge in [-0.2, -0.15) is 0 Å². The molecule has 0 aliphatic carbocycles. The number of rotatable bonds is 3. The number of anilines is 2. The first kappa shape index (κ1) is 15.7. The molecule has 0 spiro atoms. The van der Waals surface area contributed by atoms with Crippen LogP contribution in [-0.2, 0) is 0 Å². The minimum atomic E-state index is -0.217. The lowest BCUT2D eigenvalue weighted by atomic mass is 10.2. The molecule has 0 saturated heterocycles. The van der Waals surface area contributed by atoms with Gasteiger partial charge in [-0.15, -0.1) is 0 Å². The number of nitrogens with one attached hydrogen (secondary N) is 2. The van der Waals surface area contributed by atoms with E-state index in [-0.39, 0.29) is 5.91 Å². The van der Waals surface area contributed by atoms with E-state index in [2.05, 4.69) is 10.3 Å². The van der Waals surface area contributed by atoms with Gasteiger partial charge in [0.15, 0.2) is 0 Å². The zero-order valence-corrected chi connectivity index (χ0v) is 11.8. The first-order valence-electron chi connectivity index (χ1n) is 6.43. The van der Waals surface area contributed by atoms with Crippen LogP contribution >= 0.6 is 0 Å². The molecule has 0 atom stereocenters. The minimum Gasteiger partial charge on any atom is -0.321 e. The third-order valence-corrected chi connectivity index (χ3v) is 2.45. The second-order valence-corrected chi connectivity index (χ2v) is 3.83. The van der Waals surface area contributed by atoms with Crippen molar-refractivity contribution in [2.24, 2.45) is 0 Å². The summed E-state index contributed by atoms with van der Waals surface area (Å²) in [5.74, 6) is -0.217. The molecular formula is C15H19N3O2. The van der Waals surface area contributed by atoms with Gasteiger partial charge in [0.05, 0.1) is 17.6 Å². The Kier molecular flexibility index (Phi) is 6.19. The molecule has 0 aliphatic rings. The molecule has 0 saturated carbocycles. The number of hydrogen-bond acceptors (Lipinski definition) is 4. The predicted molar refractivity (Wildman–Crippen MR) is 80.1 cm³/mol. The monoisotopic (exact) mass is 273 g/mol. The topological polar surface area (TPSA) is 74.2 Å². The molecule has 2 rings (SSSR count). The maximum absolute atomic E-state index is 11.9. The van der Waals surface area contributed by atoms with Crippen molar-refractivity contribution in [1.29, 1.82) is 0 Å². The summed E-state index contributed by atoms with van der Waals surface area (Å²) >= 11 is 0. The number of pyridine rings is 1. The first-order valence-corrected chi connectivity index (χ1v) is 6.43.